The van der Waals surface area contributed by atoms with Crippen LogP contribution in [0.3, 0.4) is 0 Å². The second-order valence-corrected chi connectivity index (χ2v) is 5.29. The molecular weight excluding hydrogens is 198 g/mol. The summed E-state index contributed by atoms with van der Waals surface area (Å²) in [5, 5.41) is 0. The Morgan fingerprint density at radius 1 is 1.38 bits per heavy atom. The first-order valence-corrected chi connectivity index (χ1v) is 6.14. The lowest BCUT2D eigenvalue weighted by Crippen LogP contribution is -2.19. The van der Waals surface area contributed by atoms with E-state index in [-0.39, 0.29) is 0 Å². The number of nitrogens with zero attached hydrogens (tertiary/aromatic N) is 2. The normalized spacial score (nSPS) is 29.6. The molecule has 0 aromatic carbocycles. The van der Waals surface area contributed by atoms with Crippen molar-refractivity contribution < 1.29 is 0 Å². The molecular formula is C13H19N3. The van der Waals surface area contributed by atoms with Gasteiger partial charge in [-0.25, -0.2) is 0 Å². The molecule has 3 nitrogen and oxygen atoms in total. The predicted molar refractivity (Wildman–Crippen MR) is 64.5 cm³/mol. The van der Waals surface area contributed by atoms with E-state index in [0.717, 1.165) is 19.4 Å². The molecule has 2 N–H and O–H groups in total. The molecule has 1 aliphatic heterocycles. The highest BCUT2D eigenvalue weighted by atomic mass is 15.1. The van der Waals surface area contributed by atoms with E-state index in [9.17, 15) is 0 Å². The number of hydrogen-bond donors (Lipinski definition) is 1. The molecule has 2 aliphatic rings. The number of hydrogen-bond acceptors (Lipinski definition) is 3. The zero-order valence-corrected chi connectivity index (χ0v) is 9.82. The summed E-state index contributed by atoms with van der Waals surface area (Å²) in [5.41, 5.74) is 10.1. The van der Waals surface area contributed by atoms with Crippen LogP contribution >= 0.6 is 0 Å². The van der Waals surface area contributed by atoms with Gasteiger partial charge in [0.25, 0.3) is 0 Å². The fourth-order valence-corrected chi connectivity index (χ4v) is 2.95. The molecule has 0 bridgehead atoms. The van der Waals surface area contributed by atoms with E-state index in [0.29, 0.717) is 12.0 Å². The smallest absolute Gasteiger partial charge is 0.0450 e. The molecule has 1 saturated heterocycles. The van der Waals surface area contributed by atoms with Crippen molar-refractivity contribution in [2.45, 2.75) is 31.2 Å². The number of likely N-dealkylation sites (tertiary alicyclic amines) is 1. The van der Waals surface area contributed by atoms with Crippen LogP contribution < -0.4 is 5.73 Å². The van der Waals surface area contributed by atoms with Gasteiger partial charge in [-0.2, -0.15) is 0 Å². The van der Waals surface area contributed by atoms with Crippen LogP contribution in [0, 0.1) is 0 Å². The lowest BCUT2D eigenvalue weighted by atomic mass is 10.0. The standard InChI is InChI=1S/C13H19N3/c1-16-3-2-9(8-16)13-6-10-4-12(14)5-11(10)7-15-13/h6-7,9,12H,2-5,8,14H2,1H3. The minimum Gasteiger partial charge on any atom is -0.327 e. The van der Waals surface area contributed by atoms with Crippen molar-refractivity contribution in [2.75, 3.05) is 20.1 Å². The Labute approximate surface area is 96.7 Å². The SMILES string of the molecule is CN1CCC(c2cc3c(cn2)CC(N)C3)C1. The maximum Gasteiger partial charge on any atom is 0.0450 e. The molecule has 0 spiro atoms. The number of rotatable bonds is 1. The average Bonchev–Trinajstić information content (AvgIpc) is 2.81. The largest absolute Gasteiger partial charge is 0.327 e. The van der Waals surface area contributed by atoms with Gasteiger partial charge in [0.05, 0.1) is 0 Å². The fraction of sp³-hybridized carbons (Fsp3) is 0.615. The zero-order chi connectivity index (χ0) is 11.1. The highest BCUT2D eigenvalue weighted by Gasteiger charge is 2.25. The lowest BCUT2D eigenvalue weighted by Gasteiger charge is -2.11. The molecule has 16 heavy (non-hydrogen) atoms. The van der Waals surface area contributed by atoms with Crippen LogP contribution in [0.5, 0.6) is 0 Å². The van der Waals surface area contributed by atoms with Crippen LogP contribution in [0.25, 0.3) is 0 Å². The summed E-state index contributed by atoms with van der Waals surface area (Å²) in [6.07, 6.45) is 5.34. The Balaban J connectivity index is 1.85. The first-order chi connectivity index (χ1) is 7.72. The minimum atomic E-state index is 0.318. The second-order valence-electron chi connectivity index (χ2n) is 5.29. The summed E-state index contributed by atoms with van der Waals surface area (Å²) in [4.78, 5) is 7.00. The van der Waals surface area contributed by atoms with E-state index < -0.39 is 0 Å². The third kappa shape index (κ3) is 1.74. The van der Waals surface area contributed by atoms with Crippen LogP contribution in [-0.2, 0) is 12.8 Å². The van der Waals surface area contributed by atoms with Crippen molar-refractivity contribution in [1.29, 1.82) is 0 Å². The van der Waals surface area contributed by atoms with Gasteiger partial charge in [0, 0.05) is 30.4 Å². The quantitative estimate of drug-likeness (QED) is 0.761. The Morgan fingerprint density at radius 2 is 2.19 bits per heavy atom. The van der Waals surface area contributed by atoms with Gasteiger partial charge < -0.3 is 10.6 Å². The van der Waals surface area contributed by atoms with Gasteiger partial charge in [0.1, 0.15) is 0 Å². The Bertz CT molecular complexity index is 402. The molecule has 2 unspecified atom stereocenters. The van der Waals surface area contributed by atoms with Crippen molar-refractivity contribution >= 4 is 0 Å². The highest BCUT2D eigenvalue weighted by Crippen LogP contribution is 2.28. The molecule has 0 saturated carbocycles. The third-order valence-electron chi connectivity index (χ3n) is 3.88. The maximum atomic E-state index is 5.97. The van der Waals surface area contributed by atoms with Crippen LogP contribution in [0.2, 0.25) is 0 Å². The van der Waals surface area contributed by atoms with Crippen LogP contribution in [0.4, 0.5) is 0 Å². The van der Waals surface area contributed by atoms with E-state index in [1.807, 2.05) is 0 Å². The molecule has 1 aliphatic carbocycles. The van der Waals surface area contributed by atoms with Gasteiger partial charge in [-0.1, -0.05) is 0 Å². The van der Waals surface area contributed by atoms with Gasteiger partial charge in [-0.3, -0.25) is 4.98 Å². The van der Waals surface area contributed by atoms with Crippen molar-refractivity contribution in [3.8, 4) is 0 Å². The van der Waals surface area contributed by atoms with Crippen molar-refractivity contribution in [3.05, 3.63) is 29.1 Å². The number of fused-ring (bicyclic) bond motifs is 1. The van der Waals surface area contributed by atoms with Crippen molar-refractivity contribution in [3.63, 3.8) is 0 Å². The summed E-state index contributed by atoms with van der Waals surface area (Å²) in [7, 11) is 2.18. The molecule has 1 aromatic heterocycles. The van der Waals surface area contributed by atoms with Gasteiger partial charge in [-0.05, 0) is 50.0 Å². The first kappa shape index (κ1) is 10.2. The Hall–Kier alpha value is -0.930. The molecule has 1 fully saturated rings. The molecule has 3 heteroatoms. The Kier molecular flexibility index (Phi) is 2.45. The molecule has 0 amide bonds. The zero-order valence-electron chi connectivity index (χ0n) is 9.82. The molecule has 0 radical (unpaired) electrons. The van der Waals surface area contributed by atoms with Crippen LogP contribution in [0.1, 0.15) is 29.2 Å². The van der Waals surface area contributed by atoms with Crippen LogP contribution in [-0.4, -0.2) is 36.1 Å². The molecule has 1 aromatic rings. The fourth-order valence-electron chi connectivity index (χ4n) is 2.95. The van der Waals surface area contributed by atoms with Crippen molar-refractivity contribution in [1.82, 2.24) is 9.88 Å². The van der Waals surface area contributed by atoms with Gasteiger partial charge >= 0.3 is 0 Å². The lowest BCUT2D eigenvalue weighted by molar-refractivity contribution is 0.410. The number of likely N-dealkylation sites (N-methyl/N-ethyl adjacent to an activating group) is 1. The molecule has 86 valence electrons. The minimum absolute atomic E-state index is 0.318. The average molecular weight is 217 g/mol. The summed E-state index contributed by atoms with van der Waals surface area (Å²) in [6.45, 7) is 2.35. The summed E-state index contributed by atoms with van der Waals surface area (Å²) >= 11 is 0. The predicted octanol–water partition coefficient (Wildman–Crippen LogP) is 0.927. The van der Waals surface area contributed by atoms with Gasteiger partial charge in [0.2, 0.25) is 0 Å². The van der Waals surface area contributed by atoms with Gasteiger partial charge in [0.15, 0.2) is 0 Å². The van der Waals surface area contributed by atoms with E-state index in [4.69, 9.17) is 5.73 Å². The van der Waals surface area contributed by atoms with E-state index in [2.05, 4.69) is 29.2 Å². The monoisotopic (exact) mass is 217 g/mol. The third-order valence-corrected chi connectivity index (χ3v) is 3.88. The number of aromatic nitrogens is 1. The summed E-state index contributed by atoms with van der Waals surface area (Å²) < 4.78 is 0. The molecule has 3 rings (SSSR count). The summed E-state index contributed by atoms with van der Waals surface area (Å²) in [5.74, 6) is 0.632. The van der Waals surface area contributed by atoms with E-state index >= 15 is 0 Å². The van der Waals surface area contributed by atoms with Crippen LogP contribution in [0.15, 0.2) is 12.3 Å². The second kappa shape index (κ2) is 3.82. The van der Waals surface area contributed by atoms with E-state index in [1.54, 1.807) is 0 Å². The molecule has 2 heterocycles. The first-order valence-electron chi connectivity index (χ1n) is 6.14. The maximum absolute atomic E-state index is 5.97. The van der Waals surface area contributed by atoms with E-state index in [1.165, 1.54) is 29.8 Å². The number of nitrogens with two attached hydrogens (primary N) is 1. The van der Waals surface area contributed by atoms with Crippen molar-refractivity contribution in [2.24, 2.45) is 5.73 Å². The highest BCUT2D eigenvalue weighted by molar-refractivity contribution is 5.34. The summed E-state index contributed by atoms with van der Waals surface area (Å²) in [6, 6.07) is 2.62. The Morgan fingerprint density at radius 3 is 2.94 bits per heavy atom. The number of pyridine rings is 1. The molecule has 2 atom stereocenters. The van der Waals surface area contributed by atoms with Gasteiger partial charge in [-0.15, -0.1) is 0 Å². The topological polar surface area (TPSA) is 42.2 Å².